The van der Waals surface area contributed by atoms with E-state index in [1.165, 1.54) is 0 Å². The second-order valence-electron chi connectivity index (χ2n) is 4.20. The number of pyridine rings is 1. The zero-order valence-corrected chi connectivity index (χ0v) is 10.2. The quantitative estimate of drug-likeness (QED) is 0.693. The lowest BCUT2D eigenvalue weighted by Gasteiger charge is -2.06. The van der Waals surface area contributed by atoms with Crippen molar-refractivity contribution < 1.29 is 9.53 Å². The number of nitrogens with zero attached hydrogens (tertiary/aromatic N) is 1. The fourth-order valence-electron chi connectivity index (χ4n) is 1.38. The van der Waals surface area contributed by atoms with Crippen molar-refractivity contribution in [3.8, 4) is 5.75 Å². The summed E-state index contributed by atoms with van der Waals surface area (Å²) in [6.45, 7) is 6.73. The molecule has 0 spiro atoms. The molecule has 0 aliphatic rings. The molecule has 0 amide bonds. The third kappa shape index (κ3) is 4.01. The van der Waals surface area contributed by atoms with Crippen molar-refractivity contribution in [1.82, 2.24) is 4.98 Å². The standard InChI is InChI=1S/C13H19NO2/c1-4-16-12-7-11(8-14-9-12)13(15)6-5-10(2)3/h7-10H,4-6H2,1-3H3. The molecule has 1 aromatic heterocycles. The monoisotopic (exact) mass is 221 g/mol. The summed E-state index contributed by atoms with van der Waals surface area (Å²) in [7, 11) is 0. The van der Waals surface area contributed by atoms with Gasteiger partial charge in [-0.15, -0.1) is 0 Å². The van der Waals surface area contributed by atoms with Crippen LogP contribution >= 0.6 is 0 Å². The predicted molar refractivity (Wildman–Crippen MR) is 63.8 cm³/mol. The van der Waals surface area contributed by atoms with Crippen LogP contribution in [0.3, 0.4) is 0 Å². The van der Waals surface area contributed by atoms with E-state index in [0.29, 0.717) is 30.3 Å². The highest BCUT2D eigenvalue weighted by Crippen LogP contribution is 2.14. The lowest BCUT2D eigenvalue weighted by Crippen LogP contribution is -2.03. The van der Waals surface area contributed by atoms with Crippen LogP contribution in [0.25, 0.3) is 0 Å². The Bertz CT molecular complexity index is 348. The number of ether oxygens (including phenoxy) is 1. The number of carbonyl (C=O) groups excluding carboxylic acids is 1. The van der Waals surface area contributed by atoms with Gasteiger partial charge in [0.05, 0.1) is 12.8 Å². The van der Waals surface area contributed by atoms with Crippen molar-refractivity contribution in [2.45, 2.75) is 33.6 Å². The largest absolute Gasteiger partial charge is 0.492 e. The molecule has 1 heterocycles. The second kappa shape index (κ2) is 6.26. The molecule has 0 unspecified atom stereocenters. The van der Waals surface area contributed by atoms with Crippen molar-refractivity contribution in [3.05, 3.63) is 24.0 Å². The summed E-state index contributed by atoms with van der Waals surface area (Å²) in [4.78, 5) is 15.8. The third-order valence-corrected chi connectivity index (χ3v) is 2.29. The molecule has 1 aromatic rings. The van der Waals surface area contributed by atoms with Crippen molar-refractivity contribution in [1.29, 1.82) is 0 Å². The number of hydrogen-bond donors (Lipinski definition) is 0. The molecule has 88 valence electrons. The lowest BCUT2D eigenvalue weighted by atomic mass is 10.0. The minimum atomic E-state index is 0.141. The fraction of sp³-hybridized carbons (Fsp3) is 0.538. The third-order valence-electron chi connectivity index (χ3n) is 2.29. The maximum Gasteiger partial charge on any atom is 0.164 e. The number of carbonyl (C=O) groups is 1. The molecule has 0 saturated carbocycles. The fourth-order valence-corrected chi connectivity index (χ4v) is 1.38. The minimum Gasteiger partial charge on any atom is -0.492 e. The number of Topliss-reactive ketones (excluding diaryl/α,β-unsaturated/α-hetero) is 1. The molecule has 0 fully saturated rings. The SMILES string of the molecule is CCOc1cncc(C(=O)CCC(C)C)c1. The van der Waals surface area contributed by atoms with Gasteiger partial charge in [0.25, 0.3) is 0 Å². The highest BCUT2D eigenvalue weighted by molar-refractivity contribution is 5.96. The maximum atomic E-state index is 11.8. The lowest BCUT2D eigenvalue weighted by molar-refractivity contribution is 0.0974. The number of rotatable bonds is 6. The van der Waals surface area contributed by atoms with E-state index < -0.39 is 0 Å². The van der Waals surface area contributed by atoms with Gasteiger partial charge in [0, 0.05) is 18.2 Å². The van der Waals surface area contributed by atoms with Crippen LogP contribution < -0.4 is 4.74 Å². The first kappa shape index (κ1) is 12.7. The highest BCUT2D eigenvalue weighted by Gasteiger charge is 2.08. The van der Waals surface area contributed by atoms with E-state index in [4.69, 9.17) is 4.74 Å². The van der Waals surface area contributed by atoms with Crippen LogP contribution in [0, 0.1) is 5.92 Å². The van der Waals surface area contributed by atoms with Gasteiger partial charge in [-0.25, -0.2) is 0 Å². The smallest absolute Gasteiger partial charge is 0.164 e. The van der Waals surface area contributed by atoms with Gasteiger partial charge >= 0.3 is 0 Å². The highest BCUT2D eigenvalue weighted by atomic mass is 16.5. The van der Waals surface area contributed by atoms with Gasteiger partial charge in [-0.1, -0.05) is 13.8 Å². The molecule has 0 bridgehead atoms. The molecule has 0 radical (unpaired) electrons. The van der Waals surface area contributed by atoms with Gasteiger partial charge in [0.15, 0.2) is 5.78 Å². The number of ketones is 1. The maximum absolute atomic E-state index is 11.8. The van der Waals surface area contributed by atoms with E-state index in [-0.39, 0.29) is 5.78 Å². The van der Waals surface area contributed by atoms with Gasteiger partial charge in [0.2, 0.25) is 0 Å². The van der Waals surface area contributed by atoms with Crippen LogP contribution in [0.4, 0.5) is 0 Å². The summed E-state index contributed by atoms with van der Waals surface area (Å²) in [6, 6.07) is 1.76. The molecule has 16 heavy (non-hydrogen) atoms. The van der Waals surface area contributed by atoms with Crippen LogP contribution in [0.2, 0.25) is 0 Å². The molecular weight excluding hydrogens is 202 g/mol. The van der Waals surface area contributed by atoms with E-state index in [1.807, 2.05) is 6.92 Å². The summed E-state index contributed by atoms with van der Waals surface area (Å²) in [5, 5.41) is 0. The Morgan fingerprint density at radius 3 is 2.81 bits per heavy atom. The van der Waals surface area contributed by atoms with E-state index >= 15 is 0 Å². The van der Waals surface area contributed by atoms with Crippen molar-refractivity contribution in [2.24, 2.45) is 5.92 Å². The van der Waals surface area contributed by atoms with Crippen molar-refractivity contribution in [2.75, 3.05) is 6.61 Å². The molecule has 3 nitrogen and oxygen atoms in total. The Labute approximate surface area is 96.8 Å². The summed E-state index contributed by atoms with van der Waals surface area (Å²) >= 11 is 0. The van der Waals surface area contributed by atoms with Gasteiger partial charge in [-0.3, -0.25) is 9.78 Å². The van der Waals surface area contributed by atoms with E-state index in [0.717, 1.165) is 6.42 Å². The average Bonchev–Trinajstić information content (AvgIpc) is 2.26. The predicted octanol–water partition coefficient (Wildman–Crippen LogP) is 3.10. The van der Waals surface area contributed by atoms with Crippen LogP contribution in [-0.4, -0.2) is 17.4 Å². The van der Waals surface area contributed by atoms with E-state index in [1.54, 1.807) is 18.5 Å². The summed E-state index contributed by atoms with van der Waals surface area (Å²) in [5.41, 5.74) is 0.645. The van der Waals surface area contributed by atoms with Gasteiger partial charge in [0.1, 0.15) is 5.75 Å². The van der Waals surface area contributed by atoms with Crippen LogP contribution in [0.5, 0.6) is 5.75 Å². The normalized spacial score (nSPS) is 10.5. The Morgan fingerprint density at radius 2 is 2.19 bits per heavy atom. The molecule has 0 N–H and O–H groups in total. The van der Waals surface area contributed by atoms with E-state index in [9.17, 15) is 4.79 Å². The molecule has 0 saturated heterocycles. The Balaban J connectivity index is 2.64. The second-order valence-corrected chi connectivity index (χ2v) is 4.20. The van der Waals surface area contributed by atoms with Crippen LogP contribution in [0.1, 0.15) is 44.0 Å². The Hall–Kier alpha value is -1.38. The first-order chi connectivity index (χ1) is 7.63. The molecule has 3 heteroatoms. The molecule has 0 aliphatic carbocycles. The Morgan fingerprint density at radius 1 is 1.44 bits per heavy atom. The van der Waals surface area contributed by atoms with Crippen molar-refractivity contribution in [3.63, 3.8) is 0 Å². The van der Waals surface area contributed by atoms with Gasteiger partial charge < -0.3 is 4.74 Å². The molecule has 0 atom stereocenters. The minimum absolute atomic E-state index is 0.141. The average molecular weight is 221 g/mol. The first-order valence-corrected chi connectivity index (χ1v) is 5.74. The number of hydrogen-bond acceptors (Lipinski definition) is 3. The summed E-state index contributed by atoms with van der Waals surface area (Å²) in [5.74, 6) is 1.35. The molecular formula is C13H19NO2. The van der Waals surface area contributed by atoms with E-state index in [2.05, 4.69) is 18.8 Å². The molecule has 0 aromatic carbocycles. The van der Waals surface area contributed by atoms with Crippen molar-refractivity contribution >= 4 is 5.78 Å². The topological polar surface area (TPSA) is 39.2 Å². The van der Waals surface area contributed by atoms with Gasteiger partial charge in [-0.05, 0) is 25.3 Å². The Kier molecular flexibility index (Phi) is 4.96. The summed E-state index contributed by atoms with van der Waals surface area (Å²) in [6.07, 6.45) is 4.72. The molecule has 1 rings (SSSR count). The van der Waals surface area contributed by atoms with Gasteiger partial charge in [-0.2, -0.15) is 0 Å². The van der Waals surface area contributed by atoms with Crippen LogP contribution in [-0.2, 0) is 0 Å². The zero-order valence-electron chi connectivity index (χ0n) is 10.2. The zero-order chi connectivity index (χ0) is 12.0. The first-order valence-electron chi connectivity index (χ1n) is 5.74. The summed E-state index contributed by atoms with van der Waals surface area (Å²) < 4.78 is 5.31. The molecule has 0 aliphatic heterocycles. The van der Waals surface area contributed by atoms with Crippen LogP contribution in [0.15, 0.2) is 18.5 Å². The number of aromatic nitrogens is 1.